The lowest BCUT2D eigenvalue weighted by molar-refractivity contribution is 0.379. The average molecular weight is 205 g/mol. The molecule has 0 aromatic heterocycles. The zero-order valence-electron chi connectivity index (χ0n) is 5.92. The van der Waals surface area contributed by atoms with Crippen LogP contribution in [-0.2, 0) is 0 Å². The zero-order valence-corrected chi connectivity index (χ0v) is 7.63. The summed E-state index contributed by atoms with van der Waals surface area (Å²) in [7, 11) is 0. The van der Waals surface area contributed by atoms with Crippen molar-refractivity contribution in [3.05, 3.63) is 0 Å². The fourth-order valence-corrected chi connectivity index (χ4v) is 1.34. The maximum absolute atomic E-state index is 8.50. The van der Waals surface area contributed by atoms with Gasteiger partial charge in [0.15, 0.2) is 0 Å². The predicted molar refractivity (Wildman–Crippen MR) is 45.9 cm³/mol. The van der Waals surface area contributed by atoms with Crippen molar-refractivity contribution < 1.29 is 0 Å². The van der Waals surface area contributed by atoms with E-state index in [1.165, 1.54) is 0 Å². The molecule has 58 valence electrons. The highest BCUT2D eigenvalue weighted by atomic mass is 79.9. The first-order valence-electron chi connectivity index (χ1n) is 3.48. The molecule has 0 radical (unpaired) electrons. The van der Waals surface area contributed by atoms with Gasteiger partial charge in [0.25, 0.3) is 0 Å². The van der Waals surface area contributed by atoms with E-state index in [4.69, 9.17) is 11.0 Å². The summed E-state index contributed by atoms with van der Waals surface area (Å²) in [5.74, 6) is 0.244. The van der Waals surface area contributed by atoms with Crippen molar-refractivity contribution in [2.24, 2.45) is 11.7 Å². The highest BCUT2D eigenvalue weighted by molar-refractivity contribution is 8.93. The first kappa shape index (κ1) is 9.93. The van der Waals surface area contributed by atoms with Crippen LogP contribution in [0.5, 0.6) is 0 Å². The van der Waals surface area contributed by atoms with Crippen molar-refractivity contribution in [3.8, 4) is 6.07 Å². The summed E-state index contributed by atoms with van der Waals surface area (Å²) in [6.45, 7) is 0. The maximum atomic E-state index is 8.50. The van der Waals surface area contributed by atoms with Gasteiger partial charge in [0.1, 0.15) is 0 Å². The molecule has 10 heavy (non-hydrogen) atoms. The topological polar surface area (TPSA) is 49.8 Å². The predicted octanol–water partition coefficient (Wildman–Crippen LogP) is 1.61. The van der Waals surface area contributed by atoms with E-state index in [1.54, 1.807) is 0 Å². The van der Waals surface area contributed by atoms with Crippen molar-refractivity contribution in [1.82, 2.24) is 0 Å². The molecule has 3 heteroatoms. The standard InChI is InChI=1S/C7H12N2.BrH/c8-5-6-2-1-3-7(9)4-6;/h6-7H,1-4,9H2;1H. The molecule has 1 rings (SSSR count). The highest BCUT2D eigenvalue weighted by Gasteiger charge is 2.17. The summed E-state index contributed by atoms with van der Waals surface area (Å²) in [6.07, 6.45) is 4.22. The number of rotatable bonds is 0. The highest BCUT2D eigenvalue weighted by Crippen LogP contribution is 2.21. The van der Waals surface area contributed by atoms with Crippen LogP contribution in [0.15, 0.2) is 0 Å². The maximum Gasteiger partial charge on any atom is 0.0656 e. The average Bonchev–Trinajstić information content (AvgIpc) is 1.88. The summed E-state index contributed by atoms with van der Waals surface area (Å²) in [5.41, 5.74) is 5.65. The Hall–Kier alpha value is -0.0700. The van der Waals surface area contributed by atoms with Crippen molar-refractivity contribution in [2.75, 3.05) is 0 Å². The second-order valence-corrected chi connectivity index (χ2v) is 2.75. The van der Waals surface area contributed by atoms with E-state index in [1.807, 2.05) is 0 Å². The van der Waals surface area contributed by atoms with Crippen molar-refractivity contribution in [3.63, 3.8) is 0 Å². The SMILES string of the molecule is Br.N#CC1CCCC(N)C1. The lowest BCUT2D eigenvalue weighted by atomic mass is 9.87. The molecule has 1 saturated carbocycles. The molecule has 1 aliphatic rings. The minimum absolute atomic E-state index is 0. The van der Waals surface area contributed by atoms with E-state index >= 15 is 0 Å². The molecule has 0 bridgehead atoms. The van der Waals surface area contributed by atoms with Gasteiger partial charge >= 0.3 is 0 Å². The minimum Gasteiger partial charge on any atom is -0.328 e. The number of hydrogen-bond acceptors (Lipinski definition) is 2. The normalized spacial score (nSPS) is 32.0. The van der Waals surface area contributed by atoms with Gasteiger partial charge in [-0.25, -0.2) is 0 Å². The van der Waals surface area contributed by atoms with Gasteiger partial charge in [-0.15, -0.1) is 17.0 Å². The number of nitrogens with zero attached hydrogens (tertiary/aromatic N) is 1. The number of hydrogen-bond donors (Lipinski definition) is 1. The molecule has 0 amide bonds. The van der Waals surface area contributed by atoms with E-state index in [-0.39, 0.29) is 22.9 Å². The van der Waals surface area contributed by atoms with Crippen LogP contribution in [0, 0.1) is 17.2 Å². The quantitative estimate of drug-likeness (QED) is 0.653. The van der Waals surface area contributed by atoms with Gasteiger partial charge in [0.2, 0.25) is 0 Å². The molecule has 1 fully saturated rings. The van der Waals surface area contributed by atoms with E-state index in [0.717, 1.165) is 25.7 Å². The molecule has 2 atom stereocenters. The third-order valence-electron chi connectivity index (χ3n) is 1.90. The van der Waals surface area contributed by atoms with Crippen LogP contribution in [0.3, 0.4) is 0 Å². The second kappa shape index (κ2) is 4.70. The molecule has 0 heterocycles. The van der Waals surface area contributed by atoms with E-state index < -0.39 is 0 Å². The molecule has 0 aliphatic heterocycles. The number of nitriles is 1. The molecule has 0 spiro atoms. The minimum atomic E-state index is 0. The van der Waals surface area contributed by atoms with Crippen molar-refractivity contribution >= 4 is 17.0 Å². The van der Waals surface area contributed by atoms with Crippen LogP contribution in [0.2, 0.25) is 0 Å². The van der Waals surface area contributed by atoms with Crippen LogP contribution in [-0.4, -0.2) is 6.04 Å². The van der Waals surface area contributed by atoms with Gasteiger partial charge in [-0.05, 0) is 19.3 Å². The van der Waals surface area contributed by atoms with Crippen LogP contribution < -0.4 is 5.73 Å². The Kier molecular flexibility index (Phi) is 4.67. The summed E-state index contributed by atoms with van der Waals surface area (Å²) >= 11 is 0. The third-order valence-corrected chi connectivity index (χ3v) is 1.90. The molecule has 2 nitrogen and oxygen atoms in total. The summed E-state index contributed by atoms with van der Waals surface area (Å²) in [5, 5.41) is 8.50. The first-order chi connectivity index (χ1) is 4.33. The first-order valence-corrected chi connectivity index (χ1v) is 3.48. The molecule has 0 saturated heterocycles. The van der Waals surface area contributed by atoms with Crippen LogP contribution in [0.4, 0.5) is 0 Å². The summed E-state index contributed by atoms with van der Waals surface area (Å²) in [6, 6.07) is 2.55. The Morgan fingerprint density at radius 2 is 2.10 bits per heavy atom. The molecular weight excluding hydrogens is 192 g/mol. The largest absolute Gasteiger partial charge is 0.328 e. The lowest BCUT2D eigenvalue weighted by Crippen LogP contribution is -2.26. The van der Waals surface area contributed by atoms with E-state index in [9.17, 15) is 0 Å². The van der Waals surface area contributed by atoms with Crippen molar-refractivity contribution in [2.45, 2.75) is 31.7 Å². The number of nitrogens with two attached hydrogens (primary N) is 1. The van der Waals surface area contributed by atoms with Crippen LogP contribution in [0.25, 0.3) is 0 Å². The Balaban J connectivity index is 0.000000810. The van der Waals surface area contributed by atoms with Gasteiger partial charge in [0, 0.05) is 12.0 Å². The summed E-state index contributed by atoms with van der Waals surface area (Å²) < 4.78 is 0. The lowest BCUT2D eigenvalue weighted by Gasteiger charge is -2.20. The molecule has 1 aliphatic carbocycles. The fraction of sp³-hybridized carbons (Fsp3) is 0.857. The van der Waals surface area contributed by atoms with Gasteiger partial charge in [-0.1, -0.05) is 6.42 Å². The fourth-order valence-electron chi connectivity index (χ4n) is 1.34. The molecule has 0 aromatic rings. The summed E-state index contributed by atoms with van der Waals surface area (Å²) in [4.78, 5) is 0. The van der Waals surface area contributed by atoms with E-state index in [2.05, 4.69) is 6.07 Å². The Morgan fingerprint density at radius 1 is 1.40 bits per heavy atom. The van der Waals surface area contributed by atoms with Gasteiger partial charge in [-0.3, -0.25) is 0 Å². The van der Waals surface area contributed by atoms with Crippen LogP contribution in [0.1, 0.15) is 25.7 Å². The number of halogens is 1. The van der Waals surface area contributed by atoms with Crippen molar-refractivity contribution in [1.29, 1.82) is 5.26 Å². The Labute approximate surface area is 72.2 Å². The van der Waals surface area contributed by atoms with Crippen LogP contribution >= 0.6 is 17.0 Å². The van der Waals surface area contributed by atoms with E-state index in [0.29, 0.717) is 6.04 Å². The van der Waals surface area contributed by atoms with Gasteiger partial charge in [0.05, 0.1) is 6.07 Å². The Bertz CT molecular complexity index is 130. The smallest absolute Gasteiger partial charge is 0.0656 e. The van der Waals surface area contributed by atoms with Gasteiger partial charge in [-0.2, -0.15) is 5.26 Å². The zero-order chi connectivity index (χ0) is 6.69. The van der Waals surface area contributed by atoms with Gasteiger partial charge < -0.3 is 5.73 Å². The third kappa shape index (κ3) is 2.68. The monoisotopic (exact) mass is 204 g/mol. The molecule has 2 unspecified atom stereocenters. The molecular formula is C7H13BrN2. The molecule has 0 aromatic carbocycles. The Morgan fingerprint density at radius 3 is 2.50 bits per heavy atom. The second-order valence-electron chi connectivity index (χ2n) is 2.75. The molecule has 2 N–H and O–H groups in total.